The Bertz CT molecular complexity index is 1150. The van der Waals surface area contributed by atoms with Gasteiger partial charge in [-0.3, -0.25) is 4.79 Å². The molecule has 1 fully saturated rings. The molecule has 2 aromatic carbocycles. The van der Waals surface area contributed by atoms with Gasteiger partial charge in [0.25, 0.3) is 0 Å². The third-order valence-corrected chi connectivity index (χ3v) is 5.81. The van der Waals surface area contributed by atoms with E-state index < -0.39 is 12.1 Å². The molecule has 0 spiro atoms. The van der Waals surface area contributed by atoms with E-state index in [0.29, 0.717) is 19.4 Å². The zero-order chi connectivity index (χ0) is 22.0. The molecule has 1 amide bonds. The summed E-state index contributed by atoms with van der Waals surface area (Å²) in [7, 11) is 0. The third-order valence-electron chi connectivity index (χ3n) is 5.81. The van der Waals surface area contributed by atoms with Gasteiger partial charge in [-0.2, -0.15) is 0 Å². The molecule has 0 radical (unpaired) electrons. The summed E-state index contributed by atoms with van der Waals surface area (Å²) in [4.78, 5) is 28.6. The topological polar surface area (TPSA) is 93.6 Å². The molecule has 0 aliphatic carbocycles. The van der Waals surface area contributed by atoms with Gasteiger partial charge in [0.05, 0.1) is 17.7 Å². The highest BCUT2D eigenvalue weighted by Crippen LogP contribution is 2.27. The molecule has 2 atom stereocenters. The highest BCUT2D eigenvalue weighted by Gasteiger charge is 2.29. The number of amides is 1. The molecule has 1 aromatic heterocycles. The van der Waals surface area contributed by atoms with Crippen molar-refractivity contribution in [1.82, 2.24) is 9.88 Å². The number of benzene rings is 2. The van der Waals surface area contributed by atoms with Gasteiger partial charge in [0, 0.05) is 36.5 Å². The number of carbonyl (C=O) groups excluding carboxylic acids is 1. The Balaban J connectivity index is 1.46. The van der Waals surface area contributed by atoms with Crippen LogP contribution in [0.15, 0.2) is 60.8 Å². The first-order valence-corrected chi connectivity index (χ1v) is 10.5. The standard InChI is InChI=1S/C25H26N2O4/c1-16-3-2-4-17(11-16)12-21(28)8-6-20-7-10-24(29)27(20)15-19-14-26-23-13-18(25(30)31)5-9-22(19)23/h2-6,8-9,11,13-14,20-21,26,28H,7,10,12,15H2,1H3,(H,30,31)/b8-6+/t20-,21+/m0/s1. The number of carboxylic acid groups (broad SMARTS) is 1. The molecular weight excluding hydrogens is 392 g/mol. The van der Waals surface area contributed by atoms with Crippen molar-refractivity contribution in [2.45, 2.75) is 44.9 Å². The fourth-order valence-corrected chi connectivity index (χ4v) is 4.20. The second-order valence-electron chi connectivity index (χ2n) is 8.15. The average Bonchev–Trinajstić information content (AvgIpc) is 3.30. The Morgan fingerprint density at radius 1 is 1.29 bits per heavy atom. The number of aromatic nitrogens is 1. The lowest BCUT2D eigenvalue weighted by molar-refractivity contribution is -0.129. The van der Waals surface area contributed by atoms with Gasteiger partial charge in [-0.1, -0.05) is 48.0 Å². The number of aliphatic hydroxyl groups excluding tert-OH is 1. The summed E-state index contributed by atoms with van der Waals surface area (Å²) >= 11 is 0. The molecule has 6 nitrogen and oxygen atoms in total. The fraction of sp³-hybridized carbons (Fsp3) is 0.280. The van der Waals surface area contributed by atoms with Crippen LogP contribution in [-0.2, 0) is 17.8 Å². The summed E-state index contributed by atoms with van der Waals surface area (Å²) < 4.78 is 0. The zero-order valence-electron chi connectivity index (χ0n) is 17.4. The van der Waals surface area contributed by atoms with Crippen molar-refractivity contribution in [2.75, 3.05) is 0 Å². The van der Waals surface area contributed by atoms with Crippen molar-refractivity contribution in [2.24, 2.45) is 0 Å². The Hall–Kier alpha value is -3.38. The van der Waals surface area contributed by atoms with Crippen LogP contribution < -0.4 is 0 Å². The van der Waals surface area contributed by atoms with Crippen LogP contribution in [0.3, 0.4) is 0 Å². The number of rotatable bonds is 7. The molecule has 0 unspecified atom stereocenters. The number of carbonyl (C=O) groups is 2. The van der Waals surface area contributed by atoms with Crippen LogP contribution in [0.1, 0.15) is 39.9 Å². The normalized spacial score (nSPS) is 17.7. The number of carboxylic acids is 1. The molecule has 3 N–H and O–H groups in total. The Labute approximate surface area is 180 Å². The van der Waals surface area contributed by atoms with Crippen LogP contribution in [0.4, 0.5) is 0 Å². The van der Waals surface area contributed by atoms with E-state index in [0.717, 1.165) is 34.0 Å². The van der Waals surface area contributed by atoms with Gasteiger partial charge < -0.3 is 20.1 Å². The van der Waals surface area contributed by atoms with Crippen LogP contribution in [0, 0.1) is 6.92 Å². The van der Waals surface area contributed by atoms with Gasteiger partial charge in [0.1, 0.15) is 0 Å². The first-order chi connectivity index (χ1) is 14.9. The number of hydrogen-bond acceptors (Lipinski definition) is 3. The molecule has 31 heavy (non-hydrogen) atoms. The molecular formula is C25H26N2O4. The molecule has 1 aliphatic heterocycles. The van der Waals surface area contributed by atoms with Crippen molar-refractivity contribution in [3.63, 3.8) is 0 Å². The van der Waals surface area contributed by atoms with E-state index in [1.807, 2.05) is 42.3 Å². The summed E-state index contributed by atoms with van der Waals surface area (Å²) in [5.41, 5.74) is 4.15. The number of nitrogens with one attached hydrogen (secondary N) is 1. The first-order valence-electron chi connectivity index (χ1n) is 10.5. The zero-order valence-corrected chi connectivity index (χ0v) is 17.4. The van der Waals surface area contributed by atoms with Gasteiger partial charge >= 0.3 is 5.97 Å². The lowest BCUT2D eigenvalue weighted by atomic mass is 10.0. The molecule has 3 aromatic rings. The molecule has 0 saturated carbocycles. The smallest absolute Gasteiger partial charge is 0.335 e. The van der Waals surface area contributed by atoms with Crippen molar-refractivity contribution >= 4 is 22.8 Å². The third kappa shape index (κ3) is 4.70. The molecule has 0 bridgehead atoms. The lowest BCUT2D eigenvalue weighted by Gasteiger charge is -2.22. The summed E-state index contributed by atoms with van der Waals surface area (Å²) in [6, 6.07) is 13.0. The number of likely N-dealkylation sites (tertiary alicyclic amines) is 1. The molecule has 1 aliphatic rings. The van der Waals surface area contributed by atoms with Gasteiger partial charge in [-0.05, 0) is 36.6 Å². The number of aromatic carboxylic acids is 1. The van der Waals surface area contributed by atoms with E-state index in [1.54, 1.807) is 24.3 Å². The minimum absolute atomic E-state index is 0.0668. The predicted octanol–water partition coefficient (Wildman–Crippen LogP) is 3.83. The van der Waals surface area contributed by atoms with E-state index in [-0.39, 0.29) is 17.5 Å². The number of hydrogen-bond donors (Lipinski definition) is 3. The maximum absolute atomic E-state index is 12.5. The number of H-pyrrole nitrogens is 1. The molecule has 2 heterocycles. The molecule has 6 heteroatoms. The summed E-state index contributed by atoms with van der Waals surface area (Å²) in [5, 5.41) is 20.5. The second kappa shape index (κ2) is 8.78. The number of aromatic amines is 1. The van der Waals surface area contributed by atoms with E-state index in [9.17, 15) is 14.7 Å². The molecule has 1 saturated heterocycles. The molecule has 160 valence electrons. The minimum Gasteiger partial charge on any atom is -0.478 e. The maximum atomic E-state index is 12.5. The van der Waals surface area contributed by atoms with Gasteiger partial charge in [-0.15, -0.1) is 0 Å². The summed E-state index contributed by atoms with van der Waals surface area (Å²) in [6.45, 7) is 2.47. The fourth-order valence-electron chi connectivity index (χ4n) is 4.20. The van der Waals surface area contributed by atoms with Crippen LogP contribution in [0.5, 0.6) is 0 Å². The van der Waals surface area contributed by atoms with Crippen LogP contribution >= 0.6 is 0 Å². The van der Waals surface area contributed by atoms with Gasteiger partial charge in [-0.25, -0.2) is 4.79 Å². The van der Waals surface area contributed by atoms with Crippen LogP contribution in [0.25, 0.3) is 10.9 Å². The number of fused-ring (bicyclic) bond motifs is 1. The van der Waals surface area contributed by atoms with Gasteiger partial charge in [0.15, 0.2) is 0 Å². The van der Waals surface area contributed by atoms with Crippen LogP contribution in [0.2, 0.25) is 0 Å². The van der Waals surface area contributed by atoms with E-state index in [4.69, 9.17) is 5.11 Å². The number of aryl methyl sites for hydroxylation is 1. The quantitative estimate of drug-likeness (QED) is 0.509. The summed E-state index contributed by atoms with van der Waals surface area (Å²) in [5.74, 6) is -0.887. The predicted molar refractivity (Wildman–Crippen MR) is 119 cm³/mol. The SMILES string of the molecule is Cc1cccc(C[C@H](O)/C=C/[C@H]2CCC(=O)N2Cc2c[nH]c3cc(C(=O)O)ccc23)c1. The molecule has 4 rings (SSSR count). The monoisotopic (exact) mass is 418 g/mol. The highest BCUT2D eigenvalue weighted by atomic mass is 16.4. The highest BCUT2D eigenvalue weighted by molar-refractivity contribution is 5.94. The Kier molecular flexibility index (Phi) is 5.91. The second-order valence-corrected chi connectivity index (χ2v) is 8.15. The first kappa shape index (κ1) is 20.9. The van der Waals surface area contributed by atoms with Crippen molar-refractivity contribution in [1.29, 1.82) is 0 Å². The van der Waals surface area contributed by atoms with Crippen LogP contribution in [-0.4, -0.2) is 44.1 Å². The van der Waals surface area contributed by atoms with Crippen molar-refractivity contribution in [3.05, 3.63) is 83.1 Å². The minimum atomic E-state index is -0.970. The Morgan fingerprint density at radius 3 is 2.90 bits per heavy atom. The van der Waals surface area contributed by atoms with Crippen molar-refractivity contribution in [3.8, 4) is 0 Å². The maximum Gasteiger partial charge on any atom is 0.335 e. The van der Waals surface area contributed by atoms with E-state index >= 15 is 0 Å². The van der Waals surface area contributed by atoms with E-state index in [2.05, 4.69) is 11.1 Å². The number of nitrogens with zero attached hydrogens (tertiary/aromatic N) is 1. The largest absolute Gasteiger partial charge is 0.478 e. The van der Waals surface area contributed by atoms with Crippen molar-refractivity contribution < 1.29 is 19.8 Å². The average molecular weight is 418 g/mol. The lowest BCUT2D eigenvalue weighted by Crippen LogP contribution is -2.31. The van der Waals surface area contributed by atoms with E-state index in [1.165, 1.54) is 0 Å². The van der Waals surface area contributed by atoms with Gasteiger partial charge in [0.2, 0.25) is 5.91 Å². The number of aliphatic hydroxyl groups is 1. The Morgan fingerprint density at radius 2 is 2.13 bits per heavy atom. The summed E-state index contributed by atoms with van der Waals surface area (Å²) in [6.07, 6.45) is 6.67.